The van der Waals surface area contributed by atoms with Gasteiger partial charge in [-0.15, -0.1) is 0 Å². The summed E-state index contributed by atoms with van der Waals surface area (Å²) in [4.78, 5) is 24.8. The molecule has 4 fully saturated rings. The van der Waals surface area contributed by atoms with Crippen molar-refractivity contribution in [2.75, 3.05) is 0 Å². The minimum absolute atomic E-state index is 0.0899. The third kappa shape index (κ3) is 3.25. The normalized spacial score (nSPS) is 34.6. The van der Waals surface area contributed by atoms with Crippen LogP contribution in [0.25, 0.3) is 0 Å². The number of nitrogens with one attached hydrogen (secondary N) is 2. The van der Waals surface area contributed by atoms with Gasteiger partial charge in [-0.1, -0.05) is 17.7 Å². The van der Waals surface area contributed by atoms with Crippen molar-refractivity contribution in [1.29, 1.82) is 0 Å². The maximum atomic E-state index is 12.5. The van der Waals surface area contributed by atoms with Crippen LogP contribution < -0.4 is 10.9 Å². The molecule has 4 aliphatic carbocycles. The molecule has 0 radical (unpaired) electrons. The van der Waals surface area contributed by atoms with Crippen LogP contribution in [0.2, 0.25) is 0 Å². The average Bonchev–Trinajstić information content (AvgIpc) is 2.49. The Hall–Kier alpha value is -1.88. The summed E-state index contributed by atoms with van der Waals surface area (Å²) in [6.07, 6.45) is 6.18. The summed E-state index contributed by atoms with van der Waals surface area (Å²) in [6.45, 7) is 3.87. The van der Waals surface area contributed by atoms with E-state index in [1.54, 1.807) is 6.07 Å². The van der Waals surface area contributed by atoms with Crippen molar-refractivity contribution in [2.45, 2.75) is 64.4 Å². The van der Waals surface area contributed by atoms with Crippen molar-refractivity contribution >= 4 is 11.8 Å². The average molecular weight is 356 g/mol. The fraction of sp³-hybridized carbons (Fsp3) is 0.619. The highest BCUT2D eigenvalue weighted by Gasteiger charge is 2.57. The van der Waals surface area contributed by atoms with Crippen LogP contribution >= 0.6 is 0 Å². The lowest BCUT2D eigenvalue weighted by atomic mass is 9.47. The van der Waals surface area contributed by atoms with E-state index in [2.05, 4.69) is 10.9 Å². The Kier molecular flexibility index (Phi) is 4.10. The fourth-order valence-corrected chi connectivity index (χ4v) is 6.26. The van der Waals surface area contributed by atoms with E-state index in [0.717, 1.165) is 43.2 Å². The van der Waals surface area contributed by atoms with Crippen LogP contribution in [-0.2, 0) is 4.79 Å². The van der Waals surface area contributed by atoms with Crippen LogP contribution in [0, 0.1) is 31.1 Å². The van der Waals surface area contributed by atoms with Gasteiger partial charge < -0.3 is 5.11 Å². The van der Waals surface area contributed by atoms with Gasteiger partial charge in [-0.25, -0.2) is 0 Å². The number of carbonyl (C=O) groups is 2. The van der Waals surface area contributed by atoms with E-state index in [1.807, 2.05) is 26.0 Å². The second kappa shape index (κ2) is 6.08. The molecule has 3 N–H and O–H groups in total. The molecule has 4 aliphatic rings. The minimum atomic E-state index is -0.563. The number of hydrazine groups is 1. The molecule has 0 aliphatic heterocycles. The maximum Gasteiger partial charge on any atom is 0.269 e. The van der Waals surface area contributed by atoms with Crippen LogP contribution in [-0.4, -0.2) is 22.5 Å². The van der Waals surface area contributed by atoms with Crippen LogP contribution in [0.1, 0.15) is 66.4 Å². The molecule has 140 valence electrons. The quantitative estimate of drug-likeness (QED) is 0.729. The van der Waals surface area contributed by atoms with E-state index in [-0.39, 0.29) is 17.2 Å². The molecule has 5 rings (SSSR count). The van der Waals surface area contributed by atoms with Crippen molar-refractivity contribution < 1.29 is 14.7 Å². The molecule has 2 amide bonds. The van der Waals surface area contributed by atoms with Gasteiger partial charge in [-0.3, -0.25) is 20.4 Å². The molecule has 0 aromatic heterocycles. The molecule has 0 heterocycles. The second-order valence-corrected chi connectivity index (χ2v) is 9.18. The van der Waals surface area contributed by atoms with Gasteiger partial charge in [-0.05, 0) is 81.3 Å². The standard InChI is InChI=1S/C21H28N2O3/c1-13-3-4-17(14(2)5-13)19(25)23-22-18(24)11-20-7-15-6-16(8-20)10-21(26,9-15)12-20/h3-5,15-16,26H,6-12H2,1-2H3,(H,22,24)(H,23,25)/t15-,16+,20?,21?. The highest BCUT2D eigenvalue weighted by Crippen LogP contribution is 2.62. The second-order valence-electron chi connectivity index (χ2n) is 9.18. The van der Waals surface area contributed by atoms with Crippen molar-refractivity contribution in [3.63, 3.8) is 0 Å². The Morgan fingerprint density at radius 2 is 1.81 bits per heavy atom. The third-order valence-corrected chi connectivity index (χ3v) is 6.63. The Morgan fingerprint density at radius 1 is 1.12 bits per heavy atom. The molecule has 26 heavy (non-hydrogen) atoms. The number of hydrogen-bond acceptors (Lipinski definition) is 3. The molecular formula is C21H28N2O3. The Balaban J connectivity index is 1.36. The van der Waals surface area contributed by atoms with E-state index in [9.17, 15) is 14.7 Å². The van der Waals surface area contributed by atoms with E-state index in [0.29, 0.717) is 23.8 Å². The summed E-state index contributed by atoms with van der Waals surface area (Å²) in [5.74, 6) is 0.659. The van der Waals surface area contributed by atoms with Gasteiger partial charge in [0.2, 0.25) is 5.91 Å². The van der Waals surface area contributed by atoms with Gasteiger partial charge in [0.05, 0.1) is 5.60 Å². The van der Waals surface area contributed by atoms with Crippen molar-refractivity contribution in [3.8, 4) is 0 Å². The lowest BCUT2D eigenvalue weighted by Crippen LogP contribution is -2.57. The Labute approximate surface area is 154 Å². The van der Waals surface area contributed by atoms with Gasteiger partial charge in [-0.2, -0.15) is 0 Å². The molecule has 1 aromatic carbocycles. The summed E-state index contributed by atoms with van der Waals surface area (Å²) in [6, 6.07) is 5.62. The molecule has 2 unspecified atom stereocenters. The number of rotatable bonds is 3. The van der Waals surface area contributed by atoms with E-state index < -0.39 is 5.60 Å². The highest BCUT2D eigenvalue weighted by molar-refractivity contribution is 5.96. The fourth-order valence-electron chi connectivity index (χ4n) is 6.26. The first-order valence-corrected chi connectivity index (χ1v) is 9.65. The molecule has 0 saturated heterocycles. The SMILES string of the molecule is Cc1ccc(C(=O)NNC(=O)CC23C[C@@H]4C[C@@H](CC(O)(C4)C2)C3)c(C)c1. The summed E-state index contributed by atoms with van der Waals surface area (Å²) in [5, 5.41) is 10.8. The van der Waals surface area contributed by atoms with Crippen molar-refractivity contribution in [1.82, 2.24) is 10.9 Å². The number of carbonyl (C=O) groups excluding carboxylic acids is 2. The minimum Gasteiger partial charge on any atom is -0.390 e. The first-order valence-electron chi connectivity index (χ1n) is 9.65. The van der Waals surface area contributed by atoms with Gasteiger partial charge in [0.25, 0.3) is 5.91 Å². The molecule has 5 heteroatoms. The lowest BCUT2D eigenvalue weighted by Gasteiger charge is -2.60. The zero-order valence-electron chi connectivity index (χ0n) is 15.6. The van der Waals surface area contributed by atoms with E-state index in [4.69, 9.17) is 0 Å². The summed E-state index contributed by atoms with van der Waals surface area (Å²) >= 11 is 0. The summed E-state index contributed by atoms with van der Waals surface area (Å²) in [5.41, 5.74) is 7.05. The monoisotopic (exact) mass is 356 g/mol. The largest absolute Gasteiger partial charge is 0.390 e. The lowest BCUT2D eigenvalue weighted by molar-refractivity contribution is -0.169. The van der Waals surface area contributed by atoms with E-state index in [1.165, 1.54) is 6.42 Å². The zero-order chi connectivity index (χ0) is 18.5. The molecule has 4 saturated carbocycles. The molecular weight excluding hydrogens is 328 g/mol. The van der Waals surface area contributed by atoms with Crippen LogP contribution in [0.3, 0.4) is 0 Å². The number of benzene rings is 1. The van der Waals surface area contributed by atoms with Crippen molar-refractivity contribution in [3.05, 3.63) is 34.9 Å². The topological polar surface area (TPSA) is 78.4 Å². The molecule has 5 nitrogen and oxygen atoms in total. The Morgan fingerprint density at radius 3 is 2.42 bits per heavy atom. The van der Waals surface area contributed by atoms with Gasteiger partial charge in [0.1, 0.15) is 0 Å². The van der Waals surface area contributed by atoms with E-state index >= 15 is 0 Å². The number of aliphatic hydroxyl groups is 1. The van der Waals surface area contributed by atoms with Crippen LogP contribution in [0.15, 0.2) is 18.2 Å². The van der Waals surface area contributed by atoms with Crippen LogP contribution in [0.5, 0.6) is 0 Å². The number of amides is 2. The maximum absolute atomic E-state index is 12.5. The molecule has 1 aromatic rings. The third-order valence-electron chi connectivity index (χ3n) is 6.63. The predicted octanol–water partition coefficient (Wildman–Crippen LogP) is 2.79. The van der Waals surface area contributed by atoms with Gasteiger partial charge in [0, 0.05) is 12.0 Å². The predicted molar refractivity (Wildman–Crippen MR) is 98.2 cm³/mol. The summed E-state index contributed by atoms with van der Waals surface area (Å²) < 4.78 is 0. The highest BCUT2D eigenvalue weighted by atomic mass is 16.3. The first-order chi connectivity index (χ1) is 12.3. The zero-order valence-corrected chi connectivity index (χ0v) is 15.6. The molecule has 0 spiro atoms. The first kappa shape index (κ1) is 17.5. The number of hydrogen-bond donors (Lipinski definition) is 3. The van der Waals surface area contributed by atoms with Crippen LogP contribution in [0.4, 0.5) is 0 Å². The molecule has 4 atom stereocenters. The Bertz CT molecular complexity index is 744. The van der Waals surface area contributed by atoms with Gasteiger partial charge in [0.15, 0.2) is 0 Å². The van der Waals surface area contributed by atoms with Gasteiger partial charge >= 0.3 is 0 Å². The summed E-state index contributed by atoms with van der Waals surface area (Å²) in [7, 11) is 0. The number of aryl methyl sites for hydroxylation is 2. The molecule has 4 bridgehead atoms. The van der Waals surface area contributed by atoms with Crippen molar-refractivity contribution in [2.24, 2.45) is 17.3 Å². The smallest absolute Gasteiger partial charge is 0.269 e.